The maximum Gasteiger partial charge on any atom is 0.169 e. The average molecular weight is 320 g/mol. The molecule has 23 heavy (non-hydrogen) atoms. The van der Waals surface area contributed by atoms with Gasteiger partial charge in [-0.05, 0) is 26.0 Å². The summed E-state index contributed by atoms with van der Waals surface area (Å²) in [4.78, 5) is 12.3. The first-order chi connectivity index (χ1) is 10.7. The van der Waals surface area contributed by atoms with Crippen LogP contribution in [0, 0.1) is 5.92 Å². The van der Waals surface area contributed by atoms with Crippen LogP contribution in [0.4, 0.5) is 0 Å². The van der Waals surface area contributed by atoms with Crippen LogP contribution in [0.15, 0.2) is 18.3 Å². The number of Topliss-reactive ketones (excluding diaryl/α,β-unsaturated/α-hetero) is 1. The van der Waals surface area contributed by atoms with Gasteiger partial charge in [0.15, 0.2) is 5.78 Å². The largest absolute Gasteiger partial charge is 0.489 e. The summed E-state index contributed by atoms with van der Waals surface area (Å²) >= 11 is 0. The van der Waals surface area contributed by atoms with Crippen molar-refractivity contribution in [3.8, 4) is 5.75 Å². The van der Waals surface area contributed by atoms with Gasteiger partial charge in [-0.25, -0.2) is 4.52 Å². The number of ketones is 1. The summed E-state index contributed by atoms with van der Waals surface area (Å²) in [6, 6.07) is 3.59. The van der Waals surface area contributed by atoms with Crippen molar-refractivity contribution in [2.45, 2.75) is 39.9 Å². The van der Waals surface area contributed by atoms with E-state index in [0.29, 0.717) is 17.0 Å². The summed E-state index contributed by atoms with van der Waals surface area (Å²) in [6.07, 6.45) is 1.58. The highest BCUT2D eigenvalue weighted by atomic mass is 16.5. The summed E-state index contributed by atoms with van der Waals surface area (Å²) in [6.45, 7) is 7.51. The van der Waals surface area contributed by atoms with Crippen LogP contribution in [-0.4, -0.2) is 39.8 Å². The second-order valence-electron chi connectivity index (χ2n) is 6.55. The summed E-state index contributed by atoms with van der Waals surface area (Å²) < 4.78 is 12.6. The molecule has 6 nitrogen and oxygen atoms in total. The molecule has 2 aromatic heterocycles. The van der Waals surface area contributed by atoms with E-state index in [4.69, 9.17) is 9.47 Å². The van der Waals surface area contributed by atoms with Crippen LogP contribution in [0.1, 0.15) is 43.7 Å². The molecule has 0 amide bonds. The fraction of sp³-hybridized carbons (Fsp3) is 0.529. The van der Waals surface area contributed by atoms with Crippen molar-refractivity contribution < 1.29 is 19.4 Å². The predicted molar refractivity (Wildman–Crippen MR) is 86.9 cm³/mol. The van der Waals surface area contributed by atoms with Gasteiger partial charge in [0.1, 0.15) is 18.1 Å². The molecule has 0 saturated carbocycles. The Morgan fingerprint density at radius 1 is 1.39 bits per heavy atom. The molecule has 0 unspecified atom stereocenters. The van der Waals surface area contributed by atoms with E-state index in [0.717, 1.165) is 5.52 Å². The molecule has 6 heteroatoms. The van der Waals surface area contributed by atoms with Crippen LogP contribution in [0.5, 0.6) is 5.75 Å². The molecule has 0 aliphatic rings. The lowest BCUT2D eigenvalue weighted by molar-refractivity contribution is 0.0271. The Balaban J connectivity index is 2.47. The minimum Gasteiger partial charge on any atom is -0.489 e. The Morgan fingerprint density at radius 2 is 2.09 bits per heavy atom. The van der Waals surface area contributed by atoms with E-state index in [-0.39, 0.29) is 24.9 Å². The SMILES string of the molecule is COCc1c(OCC(C)(C)O)ccc2c(C(=O)C(C)C)cnn12. The molecule has 0 spiro atoms. The zero-order valence-corrected chi connectivity index (χ0v) is 14.3. The number of aromatic nitrogens is 2. The summed E-state index contributed by atoms with van der Waals surface area (Å²) in [5.41, 5.74) is 1.08. The van der Waals surface area contributed by atoms with Crippen LogP contribution >= 0.6 is 0 Å². The van der Waals surface area contributed by atoms with Gasteiger partial charge in [-0.3, -0.25) is 4.79 Å². The van der Waals surface area contributed by atoms with Crippen molar-refractivity contribution in [3.05, 3.63) is 29.6 Å². The van der Waals surface area contributed by atoms with Crippen molar-refractivity contribution in [1.29, 1.82) is 0 Å². The maximum absolute atomic E-state index is 12.3. The first-order valence-corrected chi connectivity index (χ1v) is 7.62. The van der Waals surface area contributed by atoms with Gasteiger partial charge in [0.25, 0.3) is 0 Å². The quantitative estimate of drug-likeness (QED) is 0.793. The lowest BCUT2D eigenvalue weighted by Gasteiger charge is -2.19. The number of carbonyl (C=O) groups is 1. The van der Waals surface area contributed by atoms with Gasteiger partial charge in [0, 0.05) is 13.0 Å². The molecule has 2 aromatic rings. The van der Waals surface area contributed by atoms with E-state index in [2.05, 4.69) is 5.10 Å². The summed E-state index contributed by atoms with van der Waals surface area (Å²) in [5, 5.41) is 14.1. The normalized spacial score (nSPS) is 12.1. The number of fused-ring (bicyclic) bond motifs is 1. The zero-order chi connectivity index (χ0) is 17.2. The van der Waals surface area contributed by atoms with Crippen LogP contribution in [0.3, 0.4) is 0 Å². The first kappa shape index (κ1) is 17.4. The highest BCUT2D eigenvalue weighted by molar-refractivity contribution is 6.03. The second-order valence-corrected chi connectivity index (χ2v) is 6.55. The fourth-order valence-corrected chi connectivity index (χ4v) is 2.24. The van der Waals surface area contributed by atoms with Gasteiger partial charge in [0.05, 0.1) is 29.5 Å². The third-order valence-corrected chi connectivity index (χ3v) is 3.39. The molecule has 2 heterocycles. The van der Waals surface area contributed by atoms with Gasteiger partial charge in [-0.15, -0.1) is 0 Å². The number of ether oxygens (including phenoxy) is 2. The fourth-order valence-electron chi connectivity index (χ4n) is 2.24. The van der Waals surface area contributed by atoms with E-state index >= 15 is 0 Å². The van der Waals surface area contributed by atoms with E-state index in [9.17, 15) is 9.90 Å². The lowest BCUT2D eigenvalue weighted by Crippen LogP contribution is -2.28. The monoisotopic (exact) mass is 320 g/mol. The lowest BCUT2D eigenvalue weighted by atomic mass is 10.0. The first-order valence-electron chi connectivity index (χ1n) is 7.62. The number of rotatable bonds is 7. The third kappa shape index (κ3) is 3.89. The van der Waals surface area contributed by atoms with Gasteiger partial charge in [0.2, 0.25) is 0 Å². The number of hydrogen-bond donors (Lipinski definition) is 1. The molecule has 0 atom stereocenters. The number of methoxy groups -OCH3 is 1. The molecule has 0 fully saturated rings. The number of nitrogens with zero attached hydrogens (tertiary/aromatic N) is 2. The van der Waals surface area contributed by atoms with Gasteiger partial charge >= 0.3 is 0 Å². The molecular weight excluding hydrogens is 296 g/mol. The Bertz CT molecular complexity index is 698. The van der Waals surface area contributed by atoms with E-state index in [1.165, 1.54) is 0 Å². The summed E-state index contributed by atoms with van der Waals surface area (Å²) in [7, 11) is 1.59. The van der Waals surface area contributed by atoms with Crippen LogP contribution < -0.4 is 4.74 Å². The highest BCUT2D eigenvalue weighted by Gasteiger charge is 2.20. The smallest absolute Gasteiger partial charge is 0.169 e. The van der Waals surface area contributed by atoms with Gasteiger partial charge < -0.3 is 14.6 Å². The van der Waals surface area contributed by atoms with E-state index < -0.39 is 5.60 Å². The number of carbonyl (C=O) groups excluding carboxylic acids is 1. The summed E-state index contributed by atoms with van der Waals surface area (Å²) in [5.74, 6) is 0.529. The maximum atomic E-state index is 12.3. The van der Waals surface area contributed by atoms with Gasteiger partial charge in [-0.1, -0.05) is 13.8 Å². The molecule has 126 valence electrons. The molecule has 0 aromatic carbocycles. The molecule has 0 aliphatic heterocycles. The second kappa shape index (κ2) is 6.68. The molecular formula is C17H24N2O4. The Morgan fingerprint density at radius 3 is 2.65 bits per heavy atom. The van der Waals surface area contributed by atoms with Crippen molar-refractivity contribution in [2.75, 3.05) is 13.7 Å². The van der Waals surface area contributed by atoms with Crippen LogP contribution in [0.25, 0.3) is 5.52 Å². The molecule has 1 N–H and O–H groups in total. The highest BCUT2D eigenvalue weighted by Crippen LogP contribution is 2.25. The van der Waals surface area contributed by atoms with Crippen molar-refractivity contribution in [2.24, 2.45) is 5.92 Å². The molecule has 0 saturated heterocycles. The molecule has 0 radical (unpaired) electrons. The topological polar surface area (TPSA) is 73.1 Å². The number of aliphatic hydroxyl groups is 1. The van der Waals surface area contributed by atoms with Crippen molar-refractivity contribution in [3.63, 3.8) is 0 Å². The Kier molecular flexibility index (Phi) is 5.06. The molecule has 0 aliphatic carbocycles. The van der Waals surface area contributed by atoms with Crippen molar-refractivity contribution >= 4 is 11.3 Å². The van der Waals surface area contributed by atoms with Crippen LogP contribution in [0.2, 0.25) is 0 Å². The zero-order valence-electron chi connectivity index (χ0n) is 14.3. The van der Waals surface area contributed by atoms with Crippen molar-refractivity contribution in [1.82, 2.24) is 9.61 Å². The minimum atomic E-state index is -0.942. The average Bonchev–Trinajstić information content (AvgIpc) is 2.88. The van der Waals surface area contributed by atoms with Crippen LogP contribution in [-0.2, 0) is 11.3 Å². The molecule has 2 rings (SSSR count). The third-order valence-electron chi connectivity index (χ3n) is 3.39. The van der Waals surface area contributed by atoms with E-state index in [1.807, 2.05) is 19.9 Å². The minimum absolute atomic E-state index is 0.0496. The van der Waals surface area contributed by atoms with Gasteiger partial charge in [-0.2, -0.15) is 5.10 Å². The number of hydrogen-bond acceptors (Lipinski definition) is 5. The Labute approximate surface area is 136 Å². The Hall–Kier alpha value is -1.92. The molecule has 0 bridgehead atoms. The van der Waals surface area contributed by atoms with E-state index in [1.54, 1.807) is 37.7 Å². The standard InChI is InChI=1S/C17H24N2O4/c1-11(2)16(20)12-8-18-19-13(12)6-7-15(14(19)9-22-5)23-10-17(3,4)21/h6-8,11,21H,9-10H2,1-5H3. The number of pyridine rings is 1. The predicted octanol–water partition coefficient (Wildman–Crippen LogP) is 2.47.